The van der Waals surface area contributed by atoms with Gasteiger partial charge in [-0.05, 0) is 49.9 Å². The molecule has 1 aliphatic rings. The molecule has 3 rings (SSSR count). The fraction of sp³-hybridized carbons (Fsp3) is 0.455. The third-order valence-electron chi connectivity index (χ3n) is 5.22. The highest BCUT2D eigenvalue weighted by molar-refractivity contribution is 5.44. The number of hydrogen-bond acceptors (Lipinski definition) is 4. The number of aliphatic hydroxyl groups is 1. The van der Waals surface area contributed by atoms with E-state index in [9.17, 15) is 5.11 Å². The van der Waals surface area contributed by atoms with Crippen molar-refractivity contribution in [3.05, 3.63) is 60.2 Å². The van der Waals surface area contributed by atoms with Crippen LogP contribution < -0.4 is 15.0 Å². The molecular weight excluding hydrogens is 324 g/mol. The van der Waals surface area contributed by atoms with Crippen molar-refractivity contribution in [1.82, 2.24) is 5.32 Å². The maximum Gasteiger partial charge on any atom is 0.126 e. The second-order valence-corrected chi connectivity index (χ2v) is 7.16. The van der Waals surface area contributed by atoms with Crippen LogP contribution in [0.5, 0.6) is 5.75 Å². The predicted octanol–water partition coefficient (Wildman–Crippen LogP) is 3.38. The Kier molecular flexibility index (Phi) is 6.53. The molecule has 4 heteroatoms. The van der Waals surface area contributed by atoms with Gasteiger partial charge in [-0.2, -0.15) is 0 Å². The topological polar surface area (TPSA) is 44.7 Å². The summed E-state index contributed by atoms with van der Waals surface area (Å²) in [5.41, 5.74) is 2.32. The highest BCUT2D eigenvalue weighted by Crippen LogP contribution is 2.26. The molecule has 26 heavy (non-hydrogen) atoms. The van der Waals surface area contributed by atoms with Crippen LogP contribution in [0.1, 0.15) is 24.8 Å². The maximum absolute atomic E-state index is 10.8. The van der Waals surface area contributed by atoms with E-state index in [0.29, 0.717) is 0 Å². The van der Waals surface area contributed by atoms with E-state index in [1.165, 1.54) is 5.69 Å². The number of para-hydroxylation sites is 2. The van der Waals surface area contributed by atoms with E-state index in [1.807, 2.05) is 37.3 Å². The zero-order chi connectivity index (χ0) is 18.4. The van der Waals surface area contributed by atoms with E-state index >= 15 is 0 Å². The standard InChI is InChI=1S/C22H30N2O2/c1-17-9-6-7-13-20(17)26-21-14-8-12-19(22(21)25)23-15-16-24(2)18-10-4-3-5-11-18/h3-7,9-11,13,19,21-23,25H,8,12,14-16H2,1-2H3/t19-,21+,22+/m0/s1. The molecule has 2 aromatic carbocycles. The molecule has 0 aliphatic heterocycles. The third kappa shape index (κ3) is 4.77. The summed E-state index contributed by atoms with van der Waals surface area (Å²) < 4.78 is 6.12. The van der Waals surface area contributed by atoms with Crippen molar-refractivity contribution < 1.29 is 9.84 Å². The lowest BCUT2D eigenvalue weighted by Crippen LogP contribution is -2.52. The first-order valence-corrected chi connectivity index (χ1v) is 9.55. The van der Waals surface area contributed by atoms with Crippen molar-refractivity contribution in [2.45, 2.75) is 44.4 Å². The van der Waals surface area contributed by atoms with Gasteiger partial charge in [-0.25, -0.2) is 0 Å². The van der Waals surface area contributed by atoms with Gasteiger partial charge in [0.05, 0.1) is 0 Å². The van der Waals surface area contributed by atoms with Crippen LogP contribution in [-0.4, -0.2) is 43.5 Å². The Bertz CT molecular complexity index is 677. The fourth-order valence-electron chi connectivity index (χ4n) is 3.57. The Labute approximate surface area is 156 Å². The number of nitrogens with zero attached hydrogens (tertiary/aromatic N) is 1. The maximum atomic E-state index is 10.8. The van der Waals surface area contributed by atoms with E-state index in [2.05, 4.69) is 41.5 Å². The molecule has 0 bridgehead atoms. The molecule has 3 atom stereocenters. The van der Waals surface area contributed by atoms with Crippen molar-refractivity contribution in [2.24, 2.45) is 0 Å². The fourth-order valence-corrected chi connectivity index (χ4v) is 3.57. The SMILES string of the molecule is Cc1ccccc1O[C@@H]1CCC[C@H](NCCN(C)c2ccccc2)[C@H]1O. The minimum Gasteiger partial charge on any atom is -0.487 e. The molecule has 0 aromatic heterocycles. The Morgan fingerprint density at radius 1 is 1.08 bits per heavy atom. The minimum absolute atomic E-state index is 0.0851. The molecule has 2 aromatic rings. The van der Waals surface area contributed by atoms with E-state index in [-0.39, 0.29) is 12.1 Å². The number of nitrogens with one attached hydrogen (secondary N) is 1. The molecule has 1 fully saturated rings. The second-order valence-electron chi connectivity index (χ2n) is 7.16. The van der Waals surface area contributed by atoms with Crippen molar-refractivity contribution in [2.75, 3.05) is 25.0 Å². The molecule has 0 radical (unpaired) electrons. The van der Waals surface area contributed by atoms with Crippen LogP contribution >= 0.6 is 0 Å². The first-order chi connectivity index (χ1) is 12.6. The first kappa shape index (κ1) is 18.7. The van der Waals surface area contributed by atoms with Gasteiger partial charge in [0.1, 0.15) is 18.0 Å². The largest absolute Gasteiger partial charge is 0.487 e. The van der Waals surface area contributed by atoms with E-state index < -0.39 is 6.10 Å². The van der Waals surface area contributed by atoms with Crippen LogP contribution in [0.25, 0.3) is 0 Å². The molecule has 0 saturated heterocycles. The van der Waals surface area contributed by atoms with Gasteiger partial charge in [-0.3, -0.25) is 0 Å². The van der Waals surface area contributed by atoms with E-state index in [4.69, 9.17) is 4.74 Å². The van der Waals surface area contributed by atoms with Crippen molar-refractivity contribution >= 4 is 5.69 Å². The molecule has 0 heterocycles. The summed E-state index contributed by atoms with van der Waals surface area (Å²) in [4.78, 5) is 2.23. The van der Waals surface area contributed by atoms with Gasteiger partial charge in [0, 0.05) is 31.9 Å². The van der Waals surface area contributed by atoms with Crippen LogP contribution in [-0.2, 0) is 0 Å². The van der Waals surface area contributed by atoms with Gasteiger partial charge in [0.25, 0.3) is 0 Å². The number of likely N-dealkylation sites (N-methyl/N-ethyl adjacent to an activating group) is 1. The number of aliphatic hydroxyl groups excluding tert-OH is 1. The zero-order valence-corrected chi connectivity index (χ0v) is 15.8. The van der Waals surface area contributed by atoms with Crippen LogP contribution in [0.3, 0.4) is 0 Å². The quantitative estimate of drug-likeness (QED) is 0.800. The lowest BCUT2D eigenvalue weighted by atomic mass is 9.89. The zero-order valence-electron chi connectivity index (χ0n) is 15.8. The van der Waals surface area contributed by atoms with Gasteiger partial charge >= 0.3 is 0 Å². The van der Waals surface area contributed by atoms with Gasteiger partial charge in [0.2, 0.25) is 0 Å². The van der Waals surface area contributed by atoms with Crippen molar-refractivity contribution in [3.8, 4) is 5.75 Å². The molecule has 1 saturated carbocycles. The second kappa shape index (κ2) is 9.06. The average molecular weight is 354 g/mol. The number of hydrogen-bond donors (Lipinski definition) is 2. The first-order valence-electron chi connectivity index (χ1n) is 9.55. The van der Waals surface area contributed by atoms with Gasteiger partial charge in [-0.1, -0.05) is 36.4 Å². The number of ether oxygens (including phenoxy) is 1. The van der Waals surface area contributed by atoms with Crippen molar-refractivity contribution in [1.29, 1.82) is 0 Å². The molecule has 0 amide bonds. The van der Waals surface area contributed by atoms with Crippen molar-refractivity contribution in [3.63, 3.8) is 0 Å². The van der Waals surface area contributed by atoms with E-state index in [0.717, 1.165) is 43.7 Å². The highest BCUT2D eigenvalue weighted by Gasteiger charge is 2.33. The molecular formula is C22H30N2O2. The normalized spacial score (nSPS) is 22.8. The van der Waals surface area contributed by atoms with E-state index in [1.54, 1.807) is 0 Å². The molecule has 2 N–H and O–H groups in total. The van der Waals surface area contributed by atoms with Crippen LogP contribution in [0.4, 0.5) is 5.69 Å². The Morgan fingerprint density at radius 3 is 2.58 bits per heavy atom. The summed E-state index contributed by atoms with van der Waals surface area (Å²) in [5.74, 6) is 0.876. The number of aryl methyl sites for hydroxylation is 1. The number of benzene rings is 2. The lowest BCUT2D eigenvalue weighted by molar-refractivity contribution is -0.0152. The highest BCUT2D eigenvalue weighted by atomic mass is 16.5. The Morgan fingerprint density at radius 2 is 1.81 bits per heavy atom. The summed E-state index contributed by atoms with van der Waals surface area (Å²) in [7, 11) is 2.10. The number of rotatable bonds is 7. The van der Waals surface area contributed by atoms with Gasteiger partial charge in [-0.15, -0.1) is 0 Å². The molecule has 140 valence electrons. The summed E-state index contributed by atoms with van der Waals surface area (Å²) >= 11 is 0. The Balaban J connectivity index is 1.50. The molecule has 0 unspecified atom stereocenters. The molecule has 1 aliphatic carbocycles. The predicted molar refractivity (Wildman–Crippen MR) is 107 cm³/mol. The Hall–Kier alpha value is -2.04. The molecule has 4 nitrogen and oxygen atoms in total. The van der Waals surface area contributed by atoms with Crippen LogP contribution in [0.15, 0.2) is 54.6 Å². The van der Waals surface area contributed by atoms with Crippen LogP contribution in [0, 0.1) is 6.92 Å². The minimum atomic E-state index is -0.481. The smallest absolute Gasteiger partial charge is 0.126 e. The summed E-state index contributed by atoms with van der Waals surface area (Å²) in [6.45, 7) is 3.78. The summed E-state index contributed by atoms with van der Waals surface area (Å²) in [5, 5.41) is 14.3. The lowest BCUT2D eigenvalue weighted by Gasteiger charge is -2.36. The van der Waals surface area contributed by atoms with Crippen LogP contribution in [0.2, 0.25) is 0 Å². The molecule has 0 spiro atoms. The summed E-state index contributed by atoms with van der Waals surface area (Å²) in [6.07, 6.45) is 2.33. The van der Waals surface area contributed by atoms with Gasteiger partial charge < -0.3 is 20.1 Å². The van der Waals surface area contributed by atoms with Gasteiger partial charge in [0.15, 0.2) is 0 Å². The summed E-state index contributed by atoms with van der Waals surface area (Å²) in [6, 6.07) is 18.5. The monoisotopic (exact) mass is 354 g/mol. The third-order valence-corrected chi connectivity index (χ3v) is 5.22. The number of anilines is 1. The average Bonchev–Trinajstić information content (AvgIpc) is 2.67.